The second kappa shape index (κ2) is 12.4. The minimum Gasteiger partial charge on any atom is -0.490 e. The van der Waals surface area contributed by atoms with Crippen LogP contribution < -0.4 is 14.2 Å². The molecule has 1 aliphatic heterocycles. The number of likely N-dealkylation sites (tertiary alicyclic amines) is 1. The third-order valence-electron chi connectivity index (χ3n) is 9.32. The number of aryl methyl sites for hydroxylation is 1. The fourth-order valence-electron chi connectivity index (χ4n) is 6.95. The molecule has 0 bridgehead atoms. The fraction of sp³-hybridized carbons (Fsp3) is 0.324. The van der Waals surface area contributed by atoms with Gasteiger partial charge in [0.1, 0.15) is 30.8 Å². The first kappa shape index (κ1) is 29.6. The molecule has 3 aromatic carbocycles. The summed E-state index contributed by atoms with van der Waals surface area (Å²) in [7, 11) is 1.93. The Morgan fingerprint density at radius 2 is 1.63 bits per heavy atom. The Bertz CT molecular complexity index is 1840. The number of carbonyl (C=O) groups is 1. The molecule has 2 atom stereocenters. The molecule has 46 heavy (non-hydrogen) atoms. The lowest BCUT2D eigenvalue weighted by molar-refractivity contribution is -0.0587. The molecule has 1 saturated carbocycles. The van der Waals surface area contributed by atoms with E-state index < -0.39 is 6.09 Å². The summed E-state index contributed by atoms with van der Waals surface area (Å²) in [5.74, 6) is 2.07. The standard InChI is InChI=1S/C37H38N4O5/c1-25-20-37(23-41(24-37)36(42)43)18-17-32(25)46-28-13-14-29-31(19-28)40(2)39-34(29)30-15-16-33(44-21-26-9-5-3-6-10-26)38-35(30)45-22-27-11-7-4-8-12-27/h3-16,19,25,32H,17-18,20-24H2,1-2H3,(H,42,43)/t25-,32-/m0/s1. The second-order valence-corrected chi connectivity index (χ2v) is 12.7. The zero-order valence-electron chi connectivity index (χ0n) is 26.1. The number of hydrogen-bond acceptors (Lipinski definition) is 6. The zero-order valence-corrected chi connectivity index (χ0v) is 26.1. The van der Waals surface area contributed by atoms with Gasteiger partial charge in [-0.05, 0) is 54.5 Å². The van der Waals surface area contributed by atoms with E-state index in [-0.39, 0.29) is 11.5 Å². The number of benzene rings is 3. The lowest BCUT2D eigenvalue weighted by Crippen LogP contribution is -2.60. The molecule has 236 valence electrons. The van der Waals surface area contributed by atoms with Gasteiger partial charge in [0, 0.05) is 43.1 Å². The third kappa shape index (κ3) is 6.09. The van der Waals surface area contributed by atoms with E-state index in [1.54, 1.807) is 0 Å². The van der Waals surface area contributed by atoms with E-state index in [1.807, 2.05) is 96.7 Å². The summed E-state index contributed by atoms with van der Waals surface area (Å²) in [6, 6.07) is 30.0. The number of carboxylic acid groups (broad SMARTS) is 1. The number of pyridine rings is 1. The Morgan fingerprint density at radius 1 is 0.935 bits per heavy atom. The molecule has 2 aliphatic rings. The first-order valence-electron chi connectivity index (χ1n) is 15.8. The number of hydrogen-bond donors (Lipinski definition) is 1. The van der Waals surface area contributed by atoms with Crippen molar-refractivity contribution in [2.45, 2.75) is 45.5 Å². The van der Waals surface area contributed by atoms with Gasteiger partial charge in [-0.2, -0.15) is 10.1 Å². The van der Waals surface area contributed by atoms with Crippen LogP contribution in [0.25, 0.3) is 22.2 Å². The predicted octanol–water partition coefficient (Wildman–Crippen LogP) is 7.34. The first-order valence-corrected chi connectivity index (χ1v) is 15.8. The molecule has 7 rings (SSSR count). The Labute approximate surface area is 268 Å². The van der Waals surface area contributed by atoms with Crippen molar-refractivity contribution >= 4 is 17.0 Å². The minimum atomic E-state index is -0.821. The van der Waals surface area contributed by atoms with E-state index in [0.717, 1.165) is 58.3 Å². The van der Waals surface area contributed by atoms with Crippen LogP contribution in [0.4, 0.5) is 4.79 Å². The predicted molar refractivity (Wildman–Crippen MR) is 175 cm³/mol. The zero-order chi connectivity index (χ0) is 31.7. The molecule has 1 N–H and O–H groups in total. The summed E-state index contributed by atoms with van der Waals surface area (Å²) < 4.78 is 20.8. The number of rotatable bonds is 9. The van der Waals surface area contributed by atoms with Crippen LogP contribution in [0.3, 0.4) is 0 Å². The molecule has 0 radical (unpaired) electrons. The molecule has 1 spiro atoms. The van der Waals surface area contributed by atoms with Gasteiger partial charge in [-0.15, -0.1) is 0 Å². The second-order valence-electron chi connectivity index (χ2n) is 12.7. The summed E-state index contributed by atoms with van der Waals surface area (Å²) >= 11 is 0. The fourth-order valence-corrected chi connectivity index (χ4v) is 6.95. The van der Waals surface area contributed by atoms with Crippen molar-refractivity contribution < 1.29 is 24.1 Å². The molecule has 5 aromatic rings. The SMILES string of the molecule is C[C@H]1CC2(CC[C@@H]1Oc1ccc3c(-c4ccc(OCc5ccccc5)nc4OCc4ccccc4)nn(C)c3c1)CN(C(=O)O)C2. The highest BCUT2D eigenvalue weighted by Crippen LogP contribution is 2.47. The smallest absolute Gasteiger partial charge is 0.407 e. The molecular formula is C37H38N4O5. The molecule has 1 saturated heterocycles. The molecule has 9 heteroatoms. The molecule has 1 aliphatic carbocycles. The summed E-state index contributed by atoms with van der Waals surface area (Å²) in [5.41, 5.74) is 4.71. The topological polar surface area (TPSA) is 98.9 Å². The molecule has 2 aromatic heterocycles. The Morgan fingerprint density at radius 3 is 2.30 bits per heavy atom. The van der Waals surface area contributed by atoms with Crippen molar-refractivity contribution in [2.75, 3.05) is 13.1 Å². The van der Waals surface area contributed by atoms with Crippen molar-refractivity contribution in [3.63, 3.8) is 0 Å². The molecule has 2 fully saturated rings. The highest BCUT2D eigenvalue weighted by atomic mass is 16.5. The van der Waals surface area contributed by atoms with Crippen molar-refractivity contribution in [1.29, 1.82) is 0 Å². The van der Waals surface area contributed by atoms with E-state index in [1.165, 1.54) is 4.90 Å². The minimum absolute atomic E-state index is 0.0836. The average molecular weight is 619 g/mol. The summed E-state index contributed by atoms with van der Waals surface area (Å²) in [6.07, 6.45) is 2.13. The average Bonchev–Trinajstić information content (AvgIpc) is 3.38. The van der Waals surface area contributed by atoms with E-state index >= 15 is 0 Å². The van der Waals surface area contributed by atoms with Crippen LogP contribution in [0.5, 0.6) is 17.5 Å². The largest absolute Gasteiger partial charge is 0.490 e. The number of fused-ring (bicyclic) bond motifs is 1. The third-order valence-corrected chi connectivity index (χ3v) is 9.32. The Hall–Kier alpha value is -5.05. The Balaban J connectivity index is 1.12. The number of aromatic nitrogens is 3. The lowest BCUT2D eigenvalue weighted by atomic mass is 9.64. The molecular weight excluding hydrogens is 580 g/mol. The monoisotopic (exact) mass is 618 g/mol. The van der Waals surface area contributed by atoms with Crippen molar-refractivity contribution in [3.8, 4) is 28.8 Å². The number of amides is 1. The van der Waals surface area contributed by atoms with Crippen LogP contribution in [0.1, 0.15) is 37.3 Å². The van der Waals surface area contributed by atoms with E-state index in [9.17, 15) is 9.90 Å². The highest BCUT2D eigenvalue weighted by molar-refractivity contribution is 5.95. The van der Waals surface area contributed by atoms with E-state index in [4.69, 9.17) is 24.3 Å². The summed E-state index contributed by atoms with van der Waals surface area (Å²) in [6.45, 7) is 4.25. The van der Waals surface area contributed by atoms with Crippen LogP contribution >= 0.6 is 0 Å². The van der Waals surface area contributed by atoms with Gasteiger partial charge in [-0.3, -0.25) is 4.68 Å². The van der Waals surface area contributed by atoms with Gasteiger partial charge in [0.2, 0.25) is 11.8 Å². The maximum Gasteiger partial charge on any atom is 0.407 e. The van der Waals surface area contributed by atoms with E-state index in [0.29, 0.717) is 44.0 Å². The van der Waals surface area contributed by atoms with Crippen LogP contribution in [0.15, 0.2) is 91.0 Å². The van der Waals surface area contributed by atoms with Crippen molar-refractivity contribution in [1.82, 2.24) is 19.7 Å². The summed E-state index contributed by atoms with van der Waals surface area (Å²) in [4.78, 5) is 17.6. The van der Waals surface area contributed by atoms with Gasteiger partial charge >= 0.3 is 6.09 Å². The van der Waals surface area contributed by atoms with Gasteiger partial charge in [-0.1, -0.05) is 67.6 Å². The molecule has 9 nitrogen and oxygen atoms in total. The quantitative estimate of drug-likeness (QED) is 0.185. The van der Waals surface area contributed by atoms with Crippen LogP contribution in [0, 0.1) is 11.3 Å². The normalized spacial score (nSPS) is 18.7. The van der Waals surface area contributed by atoms with Gasteiger partial charge < -0.3 is 24.2 Å². The van der Waals surface area contributed by atoms with Gasteiger partial charge in [-0.25, -0.2) is 4.79 Å². The van der Waals surface area contributed by atoms with Gasteiger partial charge in [0.15, 0.2) is 0 Å². The molecule has 0 unspecified atom stereocenters. The van der Waals surface area contributed by atoms with E-state index in [2.05, 4.69) is 13.0 Å². The van der Waals surface area contributed by atoms with Crippen molar-refractivity contribution in [2.24, 2.45) is 18.4 Å². The highest BCUT2D eigenvalue weighted by Gasteiger charge is 2.49. The van der Waals surface area contributed by atoms with Gasteiger partial charge in [0.25, 0.3) is 0 Å². The molecule has 3 heterocycles. The molecule has 1 amide bonds. The Kier molecular flexibility index (Phi) is 7.98. The number of ether oxygens (including phenoxy) is 3. The summed E-state index contributed by atoms with van der Waals surface area (Å²) in [5, 5.41) is 15.2. The van der Waals surface area contributed by atoms with Crippen LogP contribution in [-0.2, 0) is 20.3 Å². The first-order chi connectivity index (χ1) is 22.4. The lowest BCUT2D eigenvalue weighted by Gasteiger charge is -2.53. The maximum atomic E-state index is 11.3. The number of nitrogens with zero attached hydrogens (tertiary/aromatic N) is 4. The van der Waals surface area contributed by atoms with Crippen LogP contribution in [-0.4, -0.2) is 50.1 Å². The van der Waals surface area contributed by atoms with Crippen molar-refractivity contribution in [3.05, 3.63) is 102 Å². The van der Waals surface area contributed by atoms with Crippen LogP contribution in [0.2, 0.25) is 0 Å². The van der Waals surface area contributed by atoms with Gasteiger partial charge in [0.05, 0.1) is 11.1 Å². The maximum absolute atomic E-state index is 11.3.